The third kappa shape index (κ3) is 4.21. The summed E-state index contributed by atoms with van der Waals surface area (Å²) in [5.74, 6) is 0. The summed E-state index contributed by atoms with van der Waals surface area (Å²) < 4.78 is 0. The Morgan fingerprint density at radius 3 is 2.38 bits per heavy atom. The Morgan fingerprint density at radius 1 is 1.00 bits per heavy atom. The monoisotopic (exact) mass is 338 g/mol. The van der Waals surface area contributed by atoms with Crippen LogP contribution in [0.2, 0.25) is 0 Å². The van der Waals surface area contributed by atoms with E-state index in [1.54, 1.807) is 0 Å². The lowest BCUT2D eigenvalue weighted by molar-refractivity contribution is 0.750. The van der Waals surface area contributed by atoms with Crippen LogP contribution in [0, 0.1) is 0 Å². The van der Waals surface area contributed by atoms with Gasteiger partial charge in [-0.05, 0) is 54.7 Å². The fourth-order valence-electron chi connectivity index (χ4n) is 2.99. The third-order valence-corrected chi connectivity index (χ3v) is 4.84. The lowest BCUT2D eigenvalue weighted by Crippen LogP contribution is -2.22. The van der Waals surface area contributed by atoms with Crippen molar-refractivity contribution in [2.24, 2.45) is 0 Å². The lowest BCUT2D eigenvalue weighted by Gasteiger charge is -2.25. The molecule has 0 amide bonds. The van der Waals surface area contributed by atoms with E-state index in [2.05, 4.69) is 59.9 Å². The van der Waals surface area contributed by atoms with Gasteiger partial charge in [-0.15, -0.1) is 0 Å². The summed E-state index contributed by atoms with van der Waals surface area (Å²) in [7, 11) is 2.12. The van der Waals surface area contributed by atoms with E-state index in [0.717, 1.165) is 36.5 Å². The Labute approximate surface area is 149 Å². The number of benzene rings is 2. The second kappa shape index (κ2) is 8.07. The van der Waals surface area contributed by atoms with Gasteiger partial charge in [0.2, 0.25) is 0 Å². The first-order valence-electron chi connectivity index (χ1n) is 8.39. The van der Waals surface area contributed by atoms with Crippen LogP contribution >= 0.6 is 11.6 Å². The molecule has 124 valence electrons. The molecule has 0 bridgehead atoms. The minimum absolute atomic E-state index is 0.867. The molecule has 0 unspecified atom stereocenters. The SMILES string of the molecule is CN(CC1=C(Cl)/C(=C/Nc2ccccc2)CCC1)c1ccccc1. The van der Waals surface area contributed by atoms with Gasteiger partial charge in [-0.2, -0.15) is 0 Å². The van der Waals surface area contributed by atoms with Crippen molar-refractivity contribution in [3.63, 3.8) is 0 Å². The van der Waals surface area contributed by atoms with Crippen molar-refractivity contribution in [2.75, 3.05) is 23.8 Å². The van der Waals surface area contributed by atoms with Crippen molar-refractivity contribution in [3.8, 4) is 0 Å². The smallest absolute Gasteiger partial charge is 0.0462 e. The molecule has 0 saturated carbocycles. The minimum Gasteiger partial charge on any atom is -0.371 e. The Balaban J connectivity index is 1.72. The molecule has 0 heterocycles. The molecule has 2 aromatic carbocycles. The normalized spacial score (nSPS) is 16.3. The maximum atomic E-state index is 6.69. The Kier molecular flexibility index (Phi) is 5.60. The molecule has 0 atom stereocenters. The van der Waals surface area contributed by atoms with Crippen molar-refractivity contribution >= 4 is 23.0 Å². The van der Waals surface area contributed by atoms with E-state index >= 15 is 0 Å². The molecule has 1 aliphatic rings. The topological polar surface area (TPSA) is 15.3 Å². The van der Waals surface area contributed by atoms with Crippen LogP contribution in [0.25, 0.3) is 0 Å². The van der Waals surface area contributed by atoms with Gasteiger partial charge in [-0.3, -0.25) is 0 Å². The predicted molar refractivity (Wildman–Crippen MR) is 105 cm³/mol. The molecule has 0 saturated heterocycles. The highest BCUT2D eigenvalue weighted by atomic mass is 35.5. The van der Waals surface area contributed by atoms with Crippen molar-refractivity contribution in [3.05, 3.63) is 83.0 Å². The highest BCUT2D eigenvalue weighted by molar-refractivity contribution is 6.32. The molecular formula is C21H23ClN2. The van der Waals surface area contributed by atoms with Crippen LogP contribution in [-0.2, 0) is 0 Å². The summed E-state index contributed by atoms with van der Waals surface area (Å²) in [5.41, 5.74) is 4.81. The van der Waals surface area contributed by atoms with Crippen molar-refractivity contribution in [1.29, 1.82) is 0 Å². The van der Waals surface area contributed by atoms with E-state index in [-0.39, 0.29) is 0 Å². The number of para-hydroxylation sites is 2. The molecule has 0 aromatic heterocycles. The number of likely N-dealkylation sites (N-methyl/N-ethyl adjacent to an activating group) is 1. The van der Waals surface area contributed by atoms with Gasteiger partial charge in [0.1, 0.15) is 0 Å². The number of hydrogen-bond acceptors (Lipinski definition) is 2. The maximum Gasteiger partial charge on any atom is 0.0462 e. The van der Waals surface area contributed by atoms with Crippen molar-refractivity contribution < 1.29 is 0 Å². The quantitative estimate of drug-likeness (QED) is 0.741. The number of anilines is 2. The van der Waals surface area contributed by atoms with Crippen molar-refractivity contribution in [2.45, 2.75) is 19.3 Å². The van der Waals surface area contributed by atoms with E-state index in [4.69, 9.17) is 11.6 Å². The van der Waals surface area contributed by atoms with E-state index in [9.17, 15) is 0 Å². The number of nitrogens with one attached hydrogen (secondary N) is 1. The van der Waals surface area contributed by atoms with E-state index in [1.165, 1.54) is 16.8 Å². The number of rotatable bonds is 5. The Hall–Kier alpha value is -2.19. The molecule has 0 spiro atoms. The van der Waals surface area contributed by atoms with Crippen LogP contribution in [0.1, 0.15) is 19.3 Å². The molecule has 2 nitrogen and oxygen atoms in total. The zero-order chi connectivity index (χ0) is 16.8. The number of allylic oxidation sites excluding steroid dienone is 2. The standard InChI is InChI=1S/C21H23ClN2/c1-24(20-13-6-3-7-14-20)16-18-10-8-9-17(21(18)22)15-23-19-11-4-2-5-12-19/h2-7,11-15,23H,8-10,16H2,1H3/b17-15+. The number of halogens is 1. The van der Waals surface area contributed by atoms with Crippen LogP contribution in [0.4, 0.5) is 11.4 Å². The van der Waals surface area contributed by atoms with Gasteiger partial charge < -0.3 is 10.2 Å². The molecule has 2 aromatic rings. The summed E-state index contributed by atoms with van der Waals surface area (Å²) in [6.07, 6.45) is 5.30. The van der Waals surface area contributed by atoms with Crippen LogP contribution in [0.3, 0.4) is 0 Å². The van der Waals surface area contributed by atoms with E-state index in [0.29, 0.717) is 0 Å². The molecular weight excluding hydrogens is 316 g/mol. The highest BCUT2D eigenvalue weighted by Gasteiger charge is 2.17. The average molecular weight is 339 g/mol. The third-order valence-electron chi connectivity index (χ3n) is 4.33. The fourth-order valence-corrected chi connectivity index (χ4v) is 3.29. The van der Waals surface area contributed by atoms with Crippen LogP contribution < -0.4 is 10.2 Å². The molecule has 0 aliphatic heterocycles. The van der Waals surface area contributed by atoms with Gasteiger partial charge >= 0.3 is 0 Å². The molecule has 3 rings (SSSR count). The zero-order valence-electron chi connectivity index (χ0n) is 14.0. The van der Waals surface area contributed by atoms with Gasteiger partial charge in [0.15, 0.2) is 0 Å². The molecule has 24 heavy (non-hydrogen) atoms. The first-order chi connectivity index (χ1) is 11.7. The number of hydrogen-bond donors (Lipinski definition) is 1. The fraction of sp³-hybridized carbons (Fsp3) is 0.238. The second-order valence-electron chi connectivity index (χ2n) is 6.14. The van der Waals surface area contributed by atoms with Gasteiger partial charge in [0, 0.05) is 36.2 Å². The van der Waals surface area contributed by atoms with Gasteiger partial charge in [-0.1, -0.05) is 48.0 Å². The van der Waals surface area contributed by atoms with Gasteiger partial charge in [-0.25, -0.2) is 0 Å². The lowest BCUT2D eigenvalue weighted by atomic mass is 9.95. The molecule has 3 heteroatoms. The number of nitrogens with zero attached hydrogens (tertiary/aromatic N) is 1. The van der Waals surface area contributed by atoms with Gasteiger partial charge in [0.05, 0.1) is 0 Å². The average Bonchev–Trinajstić information content (AvgIpc) is 2.64. The van der Waals surface area contributed by atoms with Crippen molar-refractivity contribution in [1.82, 2.24) is 0 Å². The van der Waals surface area contributed by atoms with Crippen LogP contribution in [0.5, 0.6) is 0 Å². The summed E-state index contributed by atoms with van der Waals surface area (Å²) in [5, 5.41) is 4.28. The summed E-state index contributed by atoms with van der Waals surface area (Å²) in [6.45, 7) is 0.867. The summed E-state index contributed by atoms with van der Waals surface area (Å²) in [4.78, 5) is 2.26. The van der Waals surface area contributed by atoms with Crippen LogP contribution in [0.15, 0.2) is 83.0 Å². The zero-order valence-corrected chi connectivity index (χ0v) is 14.8. The summed E-state index contributed by atoms with van der Waals surface area (Å²) in [6, 6.07) is 20.6. The minimum atomic E-state index is 0.867. The second-order valence-corrected chi connectivity index (χ2v) is 6.52. The first kappa shape index (κ1) is 16.7. The van der Waals surface area contributed by atoms with Crippen LogP contribution in [-0.4, -0.2) is 13.6 Å². The molecule has 1 aliphatic carbocycles. The molecule has 0 fully saturated rings. The molecule has 1 N–H and O–H groups in total. The predicted octanol–water partition coefficient (Wildman–Crippen LogP) is 5.80. The van der Waals surface area contributed by atoms with E-state index < -0.39 is 0 Å². The maximum absolute atomic E-state index is 6.69. The molecule has 0 radical (unpaired) electrons. The Bertz CT molecular complexity index is 720. The summed E-state index contributed by atoms with van der Waals surface area (Å²) >= 11 is 6.69. The first-order valence-corrected chi connectivity index (χ1v) is 8.76. The van der Waals surface area contributed by atoms with E-state index in [1.807, 2.05) is 24.3 Å². The van der Waals surface area contributed by atoms with Gasteiger partial charge in [0.25, 0.3) is 0 Å². The largest absolute Gasteiger partial charge is 0.371 e. The Morgan fingerprint density at radius 2 is 1.67 bits per heavy atom. The highest BCUT2D eigenvalue weighted by Crippen LogP contribution is 2.33.